The van der Waals surface area contributed by atoms with Gasteiger partial charge in [-0.25, -0.2) is 4.79 Å². The van der Waals surface area contributed by atoms with Crippen LogP contribution < -0.4 is 10.6 Å². The number of nitrogens with one attached hydrogen (secondary N) is 2. The summed E-state index contributed by atoms with van der Waals surface area (Å²) in [5, 5.41) is 14.5. The highest BCUT2D eigenvalue weighted by atomic mass is 32.2. The van der Waals surface area contributed by atoms with Crippen LogP contribution in [0.25, 0.3) is 0 Å². The zero-order valence-corrected chi connectivity index (χ0v) is 20.4. The summed E-state index contributed by atoms with van der Waals surface area (Å²) in [5.41, 5.74) is 2.62. The quantitative estimate of drug-likeness (QED) is 0.238. The molecule has 3 rings (SSSR count). The molecule has 0 fully saturated rings. The Balaban J connectivity index is 1.56. The molecule has 2 N–H and O–H groups in total. The van der Waals surface area contributed by atoms with Gasteiger partial charge < -0.3 is 19.9 Å². The highest BCUT2D eigenvalue weighted by molar-refractivity contribution is 7.99. The number of hydrogen-bond acceptors (Lipinski definition) is 7. The Hall–Kier alpha value is -3.92. The molecule has 0 spiro atoms. The van der Waals surface area contributed by atoms with Crippen LogP contribution in [0.4, 0.5) is 5.69 Å². The molecule has 0 bridgehead atoms. The zero-order valence-electron chi connectivity index (χ0n) is 19.6. The Morgan fingerprint density at radius 3 is 2.40 bits per heavy atom. The molecule has 1 aromatic heterocycles. The van der Waals surface area contributed by atoms with E-state index in [2.05, 4.69) is 27.4 Å². The van der Waals surface area contributed by atoms with Crippen molar-refractivity contribution in [1.82, 2.24) is 20.1 Å². The van der Waals surface area contributed by atoms with Gasteiger partial charge in [-0.05, 0) is 50.2 Å². The fourth-order valence-corrected chi connectivity index (χ4v) is 3.83. The van der Waals surface area contributed by atoms with Crippen LogP contribution in [-0.4, -0.2) is 44.9 Å². The van der Waals surface area contributed by atoms with Crippen LogP contribution in [0.15, 0.2) is 66.3 Å². The maximum atomic E-state index is 12.4. The number of nitrogens with zero attached hydrogens (tertiary/aromatic N) is 3. The maximum Gasteiger partial charge on any atom is 0.338 e. The van der Waals surface area contributed by atoms with Gasteiger partial charge in [-0.1, -0.05) is 35.5 Å². The van der Waals surface area contributed by atoms with Crippen molar-refractivity contribution in [2.45, 2.75) is 32.1 Å². The van der Waals surface area contributed by atoms with Crippen LogP contribution in [0.5, 0.6) is 0 Å². The second kappa shape index (κ2) is 12.5. The molecule has 0 unspecified atom stereocenters. The van der Waals surface area contributed by atoms with Crippen LogP contribution in [0.3, 0.4) is 0 Å². The molecule has 182 valence electrons. The third-order valence-electron chi connectivity index (χ3n) is 4.84. The average molecular weight is 494 g/mol. The van der Waals surface area contributed by atoms with Crippen molar-refractivity contribution < 1.29 is 19.1 Å². The van der Waals surface area contributed by atoms with E-state index in [1.54, 1.807) is 54.0 Å². The molecule has 1 heterocycles. The lowest BCUT2D eigenvalue weighted by atomic mass is 10.1. The number of amides is 2. The van der Waals surface area contributed by atoms with Crippen LogP contribution in [-0.2, 0) is 22.6 Å². The third-order valence-corrected chi connectivity index (χ3v) is 5.80. The summed E-state index contributed by atoms with van der Waals surface area (Å²) < 4.78 is 6.75. The Morgan fingerprint density at radius 2 is 1.74 bits per heavy atom. The lowest BCUT2D eigenvalue weighted by molar-refractivity contribution is -0.113. The van der Waals surface area contributed by atoms with E-state index in [0.717, 1.165) is 5.56 Å². The standard InChI is InChI=1S/C25H27N5O4S/c1-4-14-30-21(15-26-23(32)18-8-6-17(3)7-9-18)28-29-25(30)35-16-22(31)27-20-12-10-19(11-13-20)24(33)34-5-2/h4,6-13H,1,5,14-16H2,2-3H3,(H,26,32)(H,27,31). The minimum atomic E-state index is -0.409. The molecular weight excluding hydrogens is 466 g/mol. The van der Waals surface area contributed by atoms with Crippen LogP contribution in [0.2, 0.25) is 0 Å². The Morgan fingerprint density at radius 1 is 1.06 bits per heavy atom. The normalized spacial score (nSPS) is 10.5. The van der Waals surface area contributed by atoms with Crippen LogP contribution >= 0.6 is 11.8 Å². The van der Waals surface area contributed by atoms with Crippen LogP contribution in [0, 0.1) is 6.92 Å². The number of carbonyl (C=O) groups excluding carboxylic acids is 3. The van der Waals surface area contributed by atoms with E-state index in [-0.39, 0.29) is 24.1 Å². The van der Waals surface area contributed by atoms with Crippen molar-refractivity contribution in [3.8, 4) is 0 Å². The van der Waals surface area contributed by atoms with Crippen molar-refractivity contribution >= 4 is 35.2 Å². The second-order valence-corrected chi connectivity index (χ2v) is 8.42. The summed E-state index contributed by atoms with van der Waals surface area (Å²) in [4.78, 5) is 36.6. The van der Waals surface area contributed by atoms with E-state index in [4.69, 9.17) is 4.74 Å². The van der Waals surface area contributed by atoms with Gasteiger partial charge >= 0.3 is 5.97 Å². The lowest BCUT2D eigenvalue weighted by Crippen LogP contribution is -2.24. The van der Waals surface area contributed by atoms with E-state index in [1.165, 1.54) is 11.8 Å². The Labute approximate surface area is 208 Å². The summed E-state index contributed by atoms with van der Waals surface area (Å²) in [6.45, 7) is 8.38. The van der Waals surface area contributed by atoms with E-state index >= 15 is 0 Å². The van der Waals surface area contributed by atoms with E-state index in [9.17, 15) is 14.4 Å². The molecule has 3 aromatic rings. The summed E-state index contributed by atoms with van der Waals surface area (Å²) in [7, 11) is 0. The lowest BCUT2D eigenvalue weighted by Gasteiger charge is -2.09. The van der Waals surface area contributed by atoms with Crippen molar-refractivity contribution in [1.29, 1.82) is 0 Å². The van der Waals surface area contributed by atoms with E-state index < -0.39 is 5.97 Å². The highest BCUT2D eigenvalue weighted by Crippen LogP contribution is 2.18. The predicted octanol–water partition coefficient (Wildman–Crippen LogP) is 3.61. The summed E-state index contributed by atoms with van der Waals surface area (Å²) in [6.07, 6.45) is 1.70. The number of thioether (sulfide) groups is 1. The Bertz CT molecular complexity index is 1190. The molecule has 0 atom stereocenters. The predicted molar refractivity (Wildman–Crippen MR) is 134 cm³/mol. The van der Waals surface area contributed by atoms with Gasteiger partial charge in [-0.15, -0.1) is 16.8 Å². The van der Waals surface area contributed by atoms with Crippen molar-refractivity contribution in [2.75, 3.05) is 17.7 Å². The second-order valence-electron chi connectivity index (χ2n) is 7.48. The maximum absolute atomic E-state index is 12.4. The molecule has 10 heteroatoms. The minimum Gasteiger partial charge on any atom is -0.462 e. The largest absolute Gasteiger partial charge is 0.462 e. The third kappa shape index (κ3) is 7.28. The van der Waals surface area contributed by atoms with Gasteiger partial charge in [0.2, 0.25) is 5.91 Å². The minimum absolute atomic E-state index is 0.102. The molecular formula is C25H27N5O4S. The number of hydrogen-bond donors (Lipinski definition) is 2. The van der Waals surface area contributed by atoms with Gasteiger partial charge in [0.15, 0.2) is 11.0 Å². The number of allylic oxidation sites excluding steroid dienone is 1. The number of benzene rings is 2. The van der Waals surface area contributed by atoms with Gasteiger partial charge in [-0.2, -0.15) is 0 Å². The van der Waals surface area contributed by atoms with E-state index in [1.807, 2.05) is 19.1 Å². The SMILES string of the molecule is C=CCn1c(CNC(=O)c2ccc(C)cc2)nnc1SCC(=O)Nc1ccc(C(=O)OCC)cc1. The number of rotatable bonds is 11. The van der Waals surface area contributed by atoms with Gasteiger partial charge in [-0.3, -0.25) is 9.59 Å². The number of esters is 1. The van der Waals surface area contributed by atoms with Crippen molar-refractivity contribution in [3.63, 3.8) is 0 Å². The molecule has 0 saturated heterocycles. The first-order valence-electron chi connectivity index (χ1n) is 11.0. The number of anilines is 1. The smallest absolute Gasteiger partial charge is 0.338 e. The molecule has 35 heavy (non-hydrogen) atoms. The molecule has 9 nitrogen and oxygen atoms in total. The number of carbonyl (C=O) groups is 3. The van der Waals surface area contributed by atoms with Gasteiger partial charge in [0.05, 0.1) is 24.5 Å². The van der Waals surface area contributed by atoms with Crippen LogP contribution in [0.1, 0.15) is 39.0 Å². The molecule has 0 saturated carbocycles. The first-order chi connectivity index (χ1) is 16.9. The summed E-state index contributed by atoms with van der Waals surface area (Å²) >= 11 is 1.22. The summed E-state index contributed by atoms with van der Waals surface area (Å²) in [6, 6.07) is 13.8. The first kappa shape index (κ1) is 25.7. The Kier molecular flexibility index (Phi) is 9.19. The number of aromatic nitrogens is 3. The topological polar surface area (TPSA) is 115 Å². The van der Waals surface area contributed by atoms with Gasteiger partial charge in [0.1, 0.15) is 0 Å². The fourth-order valence-electron chi connectivity index (χ4n) is 3.07. The average Bonchev–Trinajstić information content (AvgIpc) is 3.24. The molecule has 0 aliphatic heterocycles. The van der Waals surface area contributed by atoms with E-state index in [0.29, 0.717) is 40.9 Å². The fraction of sp³-hybridized carbons (Fsp3) is 0.240. The monoisotopic (exact) mass is 493 g/mol. The molecule has 0 radical (unpaired) electrons. The molecule has 2 aromatic carbocycles. The molecule has 0 aliphatic rings. The molecule has 0 aliphatic carbocycles. The number of aryl methyl sites for hydroxylation is 1. The van der Waals surface area contributed by atoms with Gasteiger partial charge in [0.25, 0.3) is 5.91 Å². The van der Waals surface area contributed by atoms with Gasteiger partial charge in [0, 0.05) is 17.8 Å². The highest BCUT2D eigenvalue weighted by Gasteiger charge is 2.15. The summed E-state index contributed by atoms with van der Waals surface area (Å²) in [5.74, 6) is -0.192. The number of ether oxygens (including phenoxy) is 1. The molecule has 2 amide bonds. The van der Waals surface area contributed by atoms with Crippen molar-refractivity contribution in [2.24, 2.45) is 0 Å². The van der Waals surface area contributed by atoms with Crippen molar-refractivity contribution in [3.05, 3.63) is 83.7 Å². The first-order valence-corrected chi connectivity index (χ1v) is 12.0. The zero-order chi connectivity index (χ0) is 25.2.